The van der Waals surface area contributed by atoms with E-state index in [-0.39, 0.29) is 95.8 Å². The third-order valence-corrected chi connectivity index (χ3v) is 12.3. The number of rotatable bonds is 19. The molecule has 0 spiro atoms. The summed E-state index contributed by atoms with van der Waals surface area (Å²) in [5.74, 6) is -7.29. The van der Waals surface area contributed by atoms with Crippen LogP contribution in [0.5, 0.6) is 0 Å². The van der Waals surface area contributed by atoms with Crippen LogP contribution in [-0.4, -0.2) is 132 Å². The van der Waals surface area contributed by atoms with E-state index in [2.05, 4.69) is 57.5 Å². The Labute approximate surface area is 435 Å². The van der Waals surface area contributed by atoms with Gasteiger partial charge < -0.3 is 76.2 Å². The molecule has 3 aromatic rings. The van der Waals surface area contributed by atoms with Gasteiger partial charge in [-0.2, -0.15) is 0 Å². The lowest BCUT2D eigenvalue weighted by molar-refractivity contribution is -0.136. The van der Waals surface area contributed by atoms with E-state index in [1.54, 1.807) is 36.5 Å². The molecular weight excluding hydrogens is 969 g/mol. The molecular formula is C50H74N16O9. The normalized spacial score (nSPS) is 21.1. The van der Waals surface area contributed by atoms with Crippen molar-refractivity contribution in [2.45, 2.75) is 140 Å². The Bertz CT molecular complexity index is 2490. The topological polar surface area (TPSA) is 420 Å². The number of aromatic amines is 1. The minimum atomic E-state index is -1.58. The summed E-state index contributed by atoms with van der Waals surface area (Å²) in [4.78, 5) is 136. The first kappa shape index (κ1) is 59.3. The van der Waals surface area contributed by atoms with Gasteiger partial charge in [0.15, 0.2) is 11.9 Å². The van der Waals surface area contributed by atoms with Crippen molar-refractivity contribution < 1.29 is 43.2 Å². The van der Waals surface area contributed by atoms with Crippen LogP contribution in [0.15, 0.2) is 70.8 Å². The lowest BCUT2D eigenvalue weighted by Crippen LogP contribution is -2.60. The number of fused-ring (bicyclic) bond motifs is 1. The van der Waals surface area contributed by atoms with E-state index >= 15 is 0 Å². The van der Waals surface area contributed by atoms with Crippen molar-refractivity contribution >= 4 is 76.0 Å². The number of unbranched alkanes of at least 4 members (excludes halogenated alkanes) is 1. The van der Waals surface area contributed by atoms with Crippen molar-refractivity contribution in [2.75, 3.05) is 19.6 Å². The van der Waals surface area contributed by atoms with Gasteiger partial charge in [0, 0.05) is 56.5 Å². The molecule has 0 radical (unpaired) electrons. The Hall–Kier alpha value is -8.25. The van der Waals surface area contributed by atoms with E-state index in [0.29, 0.717) is 24.0 Å². The fourth-order valence-electron chi connectivity index (χ4n) is 8.34. The first-order chi connectivity index (χ1) is 35.8. The first-order valence-corrected chi connectivity index (χ1v) is 25.2. The summed E-state index contributed by atoms with van der Waals surface area (Å²) >= 11 is 0. The highest BCUT2D eigenvalue weighted by Crippen LogP contribution is 2.20. The van der Waals surface area contributed by atoms with Gasteiger partial charge in [0.25, 0.3) is 0 Å². The summed E-state index contributed by atoms with van der Waals surface area (Å²) in [6.07, 6.45) is 3.04. The van der Waals surface area contributed by atoms with Crippen LogP contribution in [-0.2, 0) is 56.0 Å². The zero-order valence-electron chi connectivity index (χ0n) is 42.6. The van der Waals surface area contributed by atoms with Gasteiger partial charge in [-0.1, -0.05) is 68.3 Å². The number of aliphatic imine (C=N–C) groups is 2. The number of nitrogens with two attached hydrogens (primary N) is 5. The molecule has 1 aliphatic heterocycles. The smallest absolute Gasteiger partial charge is 0.243 e. The molecule has 25 nitrogen and oxygen atoms in total. The molecule has 1 aromatic heterocycles. The highest BCUT2D eigenvalue weighted by atomic mass is 16.2. The SMILES string of the molecule is CCCC[C@@H]1NC(=O)[C@@H](NC(=O)[C@H](CCCN=C(N)N)NC(C)=O)CC(=O)NCCCC[C@@H](C(N)=O)NC(=O)[C@H](Cc2c[nH]c3ccccc23)NC(=O)[C@H](CCCN=C(N)N)NC(=O)C(Cc2ccccc2)NC1=O. The van der Waals surface area contributed by atoms with Crippen molar-refractivity contribution in [2.24, 2.45) is 38.7 Å². The number of para-hydroxylation sites is 1. The zero-order valence-corrected chi connectivity index (χ0v) is 42.6. The summed E-state index contributed by atoms with van der Waals surface area (Å²) in [5.41, 5.74) is 29.9. The number of carbonyl (C=O) groups is 9. The van der Waals surface area contributed by atoms with Crippen molar-refractivity contribution in [1.82, 2.24) is 47.5 Å². The second kappa shape index (κ2) is 30.7. The highest BCUT2D eigenvalue weighted by molar-refractivity contribution is 5.99. The molecule has 9 amide bonds. The number of benzene rings is 2. The quantitative estimate of drug-likeness (QED) is 0.0346. The van der Waals surface area contributed by atoms with Crippen molar-refractivity contribution in [1.29, 1.82) is 0 Å². The summed E-state index contributed by atoms with van der Waals surface area (Å²) in [5, 5.41) is 22.3. The maximum absolute atomic E-state index is 14.6. The maximum atomic E-state index is 14.6. The minimum absolute atomic E-state index is 0.0337. The summed E-state index contributed by atoms with van der Waals surface area (Å²) in [7, 11) is 0. The van der Waals surface area contributed by atoms with E-state index in [1.807, 2.05) is 31.2 Å². The van der Waals surface area contributed by atoms with Crippen LogP contribution in [0.1, 0.15) is 95.6 Å². The summed E-state index contributed by atoms with van der Waals surface area (Å²) < 4.78 is 0. The van der Waals surface area contributed by atoms with E-state index < -0.39 is 102 Å². The van der Waals surface area contributed by atoms with Crippen LogP contribution >= 0.6 is 0 Å². The number of nitrogens with zero attached hydrogens (tertiary/aromatic N) is 2. The molecule has 1 fully saturated rings. The molecule has 19 N–H and O–H groups in total. The third kappa shape index (κ3) is 20.7. The van der Waals surface area contributed by atoms with Crippen molar-refractivity contribution in [3.63, 3.8) is 0 Å². The van der Waals surface area contributed by atoms with E-state index in [4.69, 9.17) is 28.7 Å². The van der Waals surface area contributed by atoms with Crippen LogP contribution in [0, 0.1) is 0 Å². The molecule has 2 aromatic carbocycles. The Morgan fingerprint density at radius 1 is 0.680 bits per heavy atom. The van der Waals surface area contributed by atoms with Crippen LogP contribution in [0.4, 0.5) is 0 Å². The summed E-state index contributed by atoms with van der Waals surface area (Å²) in [6.45, 7) is 3.31. The number of hydrogen-bond acceptors (Lipinski definition) is 11. The average Bonchev–Trinajstić information content (AvgIpc) is 3.77. The van der Waals surface area contributed by atoms with Gasteiger partial charge in [0.05, 0.1) is 6.42 Å². The number of nitrogens with one attached hydrogen (secondary N) is 9. The largest absolute Gasteiger partial charge is 0.370 e. The Morgan fingerprint density at radius 3 is 1.89 bits per heavy atom. The molecule has 0 bridgehead atoms. The molecule has 7 atom stereocenters. The Kier molecular flexibility index (Phi) is 24.3. The van der Waals surface area contributed by atoms with Gasteiger partial charge in [-0.05, 0) is 68.6 Å². The monoisotopic (exact) mass is 1040 g/mol. The van der Waals surface area contributed by atoms with Crippen LogP contribution in [0.25, 0.3) is 10.9 Å². The van der Waals surface area contributed by atoms with Gasteiger partial charge in [-0.15, -0.1) is 0 Å². The Balaban J connectivity index is 1.77. The number of primary amides is 1. The molecule has 2 heterocycles. The number of carbonyl (C=O) groups excluding carboxylic acids is 9. The fourth-order valence-corrected chi connectivity index (χ4v) is 8.34. The van der Waals surface area contributed by atoms with Gasteiger partial charge >= 0.3 is 0 Å². The number of hydrogen-bond donors (Lipinski definition) is 14. The number of amides is 9. The molecule has 0 saturated carbocycles. The minimum Gasteiger partial charge on any atom is -0.370 e. The van der Waals surface area contributed by atoms with Gasteiger partial charge in [-0.25, -0.2) is 0 Å². The van der Waals surface area contributed by atoms with Gasteiger partial charge in [0.2, 0.25) is 53.2 Å². The van der Waals surface area contributed by atoms with Crippen LogP contribution in [0.3, 0.4) is 0 Å². The third-order valence-electron chi connectivity index (χ3n) is 12.3. The molecule has 0 aliphatic carbocycles. The number of guanidine groups is 2. The molecule has 75 heavy (non-hydrogen) atoms. The second-order valence-corrected chi connectivity index (χ2v) is 18.4. The fraction of sp³-hybridized carbons (Fsp3) is 0.500. The Morgan fingerprint density at radius 2 is 1.25 bits per heavy atom. The number of aromatic nitrogens is 1. The van der Waals surface area contributed by atoms with Gasteiger partial charge in [0.1, 0.15) is 42.3 Å². The van der Waals surface area contributed by atoms with Gasteiger partial charge in [-0.3, -0.25) is 53.1 Å². The van der Waals surface area contributed by atoms with E-state index in [9.17, 15) is 43.2 Å². The number of H-pyrrole nitrogens is 1. The van der Waals surface area contributed by atoms with E-state index in [0.717, 1.165) is 10.9 Å². The lowest BCUT2D eigenvalue weighted by atomic mass is 10.0. The molecule has 25 heteroatoms. The van der Waals surface area contributed by atoms with Crippen molar-refractivity contribution in [3.8, 4) is 0 Å². The molecule has 408 valence electrons. The summed E-state index contributed by atoms with van der Waals surface area (Å²) in [6, 6.07) is 6.76. The standard InChI is InChI=1S/C50H74N16O9/c1-3-4-17-36-44(71)64-38(25-30-14-6-5-7-15-30)46(73)63-37(21-13-24-58-50(54)55)45(72)65-39(26-31-28-59-33-18-9-8-16-32(31)33)47(74)61-34(42(51)69)19-10-11-22-56-41(68)27-40(48(75)62-36)66-43(70)35(60-29(2)67)20-12-23-57-49(52)53/h5-9,14-16,18,28,34-40,59H,3-4,10-13,17,19-27H2,1-2H3,(H2,51,69)(H,56,68)(H,60,67)(H,61,74)(H,62,75)(H,63,73)(H,64,71)(H,65,72)(H,66,70)(H4,52,53,57)(H4,54,55,58)/t34-,35-,36-,37-,38?,39-,40-/m0/s1. The van der Waals surface area contributed by atoms with E-state index in [1.165, 1.54) is 6.92 Å². The van der Waals surface area contributed by atoms with Crippen LogP contribution in [0.2, 0.25) is 0 Å². The molecule has 1 aliphatic rings. The van der Waals surface area contributed by atoms with Crippen molar-refractivity contribution in [3.05, 3.63) is 71.9 Å². The second-order valence-electron chi connectivity index (χ2n) is 18.4. The average molecular weight is 1040 g/mol. The molecule has 1 saturated heterocycles. The highest BCUT2D eigenvalue weighted by Gasteiger charge is 2.35. The predicted octanol–water partition coefficient (Wildman–Crippen LogP) is -2.16. The lowest BCUT2D eigenvalue weighted by Gasteiger charge is -2.28. The van der Waals surface area contributed by atoms with Crippen LogP contribution < -0.4 is 71.2 Å². The molecule has 4 rings (SSSR count). The maximum Gasteiger partial charge on any atom is 0.243 e. The predicted molar refractivity (Wildman–Crippen MR) is 281 cm³/mol. The zero-order chi connectivity index (χ0) is 54.9. The molecule has 1 unspecified atom stereocenters. The first-order valence-electron chi connectivity index (χ1n) is 25.2.